The van der Waals surface area contributed by atoms with E-state index >= 15 is 0 Å². The first-order valence-electron chi connectivity index (χ1n) is 8.66. The molecule has 0 bridgehead atoms. The molecule has 1 saturated heterocycles. The molecule has 1 fully saturated rings. The van der Waals surface area contributed by atoms with Crippen LogP contribution in [0, 0.1) is 18.8 Å². The smallest absolute Gasteiger partial charge is 0.407 e. The maximum Gasteiger partial charge on any atom is 0.407 e. The Morgan fingerprint density at radius 1 is 1.32 bits per heavy atom. The number of hydrogen-bond donors (Lipinski definition) is 1. The molecule has 2 atom stereocenters. The summed E-state index contributed by atoms with van der Waals surface area (Å²) < 4.78 is 29.6. The molecule has 1 heterocycles. The minimum Gasteiger partial charge on any atom is -0.465 e. The number of rotatable bonds is 6. The van der Waals surface area contributed by atoms with Crippen LogP contribution in [0.1, 0.15) is 38.7 Å². The Labute approximate surface area is 149 Å². The van der Waals surface area contributed by atoms with Crippen molar-refractivity contribution in [2.45, 2.75) is 51.0 Å². The third kappa shape index (κ3) is 5.19. The molecule has 140 valence electrons. The fourth-order valence-corrected chi connectivity index (χ4v) is 4.22. The quantitative estimate of drug-likeness (QED) is 0.776. The van der Waals surface area contributed by atoms with Gasteiger partial charge in [0, 0.05) is 12.6 Å². The van der Waals surface area contributed by atoms with Gasteiger partial charge in [-0.25, -0.2) is 4.79 Å². The molecular formula is C18H27NO5S. The van der Waals surface area contributed by atoms with Crippen LogP contribution in [-0.4, -0.2) is 43.7 Å². The Balaban J connectivity index is 1.89. The SMILES string of the molecule is Cc1ccc(S(=O)(=O)OCC[C@H]2CCN(C(=O)O)[C@@H](C(C)C)C2)cc1. The first kappa shape index (κ1) is 19.7. The minimum absolute atomic E-state index is 0.0232. The minimum atomic E-state index is -3.74. The van der Waals surface area contributed by atoms with Crippen molar-refractivity contribution >= 4 is 16.2 Å². The van der Waals surface area contributed by atoms with Crippen molar-refractivity contribution in [3.05, 3.63) is 29.8 Å². The van der Waals surface area contributed by atoms with Crippen LogP contribution < -0.4 is 0 Å². The zero-order valence-electron chi connectivity index (χ0n) is 15.0. The summed E-state index contributed by atoms with van der Waals surface area (Å²) in [7, 11) is -3.74. The molecule has 0 unspecified atom stereocenters. The monoisotopic (exact) mass is 369 g/mol. The number of aryl methyl sites for hydroxylation is 1. The van der Waals surface area contributed by atoms with Gasteiger partial charge in [-0.1, -0.05) is 31.5 Å². The lowest BCUT2D eigenvalue weighted by molar-refractivity contribution is 0.0661. The summed E-state index contributed by atoms with van der Waals surface area (Å²) in [5.41, 5.74) is 0.990. The summed E-state index contributed by atoms with van der Waals surface area (Å²) in [6, 6.07) is 6.55. The molecule has 1 aliphatic rings. The molecule has 2 rings (SSSR count). The highest BCUT2D eigenvalue weighted by Crippen LogP contribution is 2.30. The molecule has 6 nitrogen and oxygen atoms in total. The van der Waals surface area contributed by atoms with Gasteiger partial charge in [-0.15, -0.1) is 0 Å². The zero-order chi connectivity index (χ0) is 18.6. The third-order valence-corrected chi connectivity index (χ3v) is 6.17. The van der Waals surface area contributed by atoms with Gasteiger partial charge in [0.1, 0.15) is 0 Å². The van der Waals surface area contributed by atoms with E-state index in [9.17, 15) is 18.3 Å². The van der Waals surface area contributed by atoms with Crippen LogP contribution in [0.3, 0.4) is 0 Å². The molecule has 0 aromatic heterocycles. The van der Waals surface area contributed by atoms with Gasteiger partial charge in [-0.2, -0.15) is 8.42 Å². The molecule has 1 amide bonds. The summed E-state index contributed by atoms with van der Waals surface area (Å²) in [6.45, 7) is 6.54. The highest BCUT2D eigenvalue weighted by atomic mass is 32.2. The lowest BCUT2D eigenvalue weighted by Gasteiger charge is -2.40. The number of hydrogen-bond acceptors (Lipinski definition) is 4. The van der Waals surface area contributed by atoms with Gasteiger partial charge in [0.25, 0.3) is 10.1 Å². The van der Waals surface area contributed by atoms with Gasteiger partial charge in [0.05, 0.1) is 11.5 Å². The number of benzene rings is 1. The second-order valence-electron chi connectivity index (χ2n) is 7.06. The van der Waals surface area contributed by atoms with Crippen LogP contribution in [0.15, 0.2) is 29.2 Å². The summed E-state index contributed by atoms with van der Waals surface area (Å²) in [6.07, 6.45) is 1.22. The fraction of sp³-hybridized carbons (Fsp3) is 0.611. The molecule has 1 aliphatic heterocycles. The van der Waals surface area contributed by atoms with Gasteiger partial charge in [0.2, 0.25) is 0 Å². The maximum absolute atomic E-state index is 12.2. The van der Waals surface area contributed by atoms with Gasteiger partial charge in [-0.05, 0) is 50.2 Å². The Morgan fingerprint density at radius 2 is 1.96 bits per heavy atom. The van der Waals surface area contributed by atoms with E-state index < -0.39 is 16.2 Å². The van der Waals surface area contributed by atoms with Crippen molar-refractivity contribution in [3.8, 4) is 0 Å². The molecule has 1 aromatic rings. The van der Waals surface area contributed by atoms with E-state index in [0.29, 0.717) is 13.0 Å². The summed E-state index contributed by atoms with van der Waals surface area (Å²) in [5.74, 6) is 0.507. The summed E-state index contributed by atoms with van der Waals surface area (Å²) in [5, 5.41) is 9.29. The number of carboxylic acid groups (broad SMARTS) is 1. The topological polar surface area (TPSA) is 83.9 Å². The highest BCUT2D eigenvalue weighted by Gasteiger charge is 2.33. The number of nitrogens with zero attached hydrogens (tertiary/aromatic N) is 1. The standard InChI is InChI=1S/C18H27NO5S/c1-13(2)17-12-15(8-10-19(17)18(20)21)9-11-24-25(22,23)16-6-4-14(3)5-7-16/h4-7,13,15,17H,8-12H2,1-3H3,(H,20,21)/t15-,17-/m1/s1. The molecule has 7 heteroatoms. The van der Waals surface area contributed by atoms with E-state index in [1.165, 1.54) is 4.90 Å². The molecule has 25 heavy (non-hydrogen) atoms. The zero-order valence-corrected chi connectivity index (χ0v) is 15.8. The Morgan fingerprint density at radius 3 is 2.52 bits per heavy atom. The predicted octanol–water partition coefficient (Wildman–Crippen LogP) is 3.51. The first-order chi connectivity index (χ1) is 11.7. The van der Waals surface area contributed by atoms with E-state index in [-0.39, 0.29) is 29.4 Å². The van der Waals surface area contributed by atoms with Crippen LogP contribution >= 0.6 is 0 Å². The summed E-state index contributed by atoms with van der Waals surface area (Å²) in [4.78, 5) is 13.0. The van der Waals surface area contributed by atoms with Crippen molar-refractivity contribution in [2.75, 3.05) is 13.2 Å². The lowest BCUT2D eigenvalue weighted by Crippen LogP contribution is -2.48. The maximum atomic E-state index is 12.2. The van der Waals surface area contributed by atoms with Gasteiger partial charge in [0.15, 0.2) is 0 Å². The summed E-state index contributed by atoms with van der Waals surface area (Å²) >= 11 is 0. The van der Waals surface area contributed by atoms with E-state index in [1.807, 2.05) is 20.8 Å². The fourth-order valence-electron chi connectivity index (χ4n) is 3.30. The van der Waals surface area contributed by atoms with Gasteiger partial charge < -0.3 is 10.0 Å². The van der Waals surface area contributed by atoms with Crippen LogP contribution in [-0.2, 0) is 14.3 Å². The van der Waals surface area contributed by atoms with Crippen LogP contribution in [0.4, 0.5) is 4.79 Å². The van der Waals surface area contributed by atoms with Crippen molar-refractivity contribution in [3.63, 3.8) is 0 Å². The molecule has 0 saturated carbocycles. The molecular weight excluding hydrogens is 342 g/mol. The normalized spacial score (nSPS) is 21.5. The first-order valence-corrected chi connectivity index (χ1v) is 10.1. The second kappa shape index (κ2) is 8.19. The molecule has 1 N–H and O–H groups in total. The largest absolute Gasteiger partial charge is 0.465 e. The molecule has 0 aliphatic carbocycles. The molecule has 0 spiro atoms. The Kier molecular flexibility index (Phi) is 6.46. The number of piperidine rings is 1. The van der Waals surface area contributed by atoms with E-state index in [0.717, 1.165) is 18.4 Å². The second-order valence-corrected chi connectivity index (χ2v) is 8.67. The van der Waals surface area contributed by atoms with Gasteiger partial charge in [-0.3, -0.25) is 4.18 Å². The number of likely N-dealkylation sites (tertiary alicyclic amines) is 1. The number of amides is 1. The van der Waals surface area contributed by atoms with Crippen LogP contribution in [0.25, 0.3) is 0 Å². The number of carbonyl (C=O) groups is 1. The van der Waals surface area contributed by atoms with E-state index in [1.54, 1.807) is 24.3 Å². The highest BCUT2D eigenvalue weighted by molar-refractivity contribution is 7.86. The lowest BCUT2D eigenvalue weighted by atomic mass is 9.84. The van der Waals surface area contributed by atoms with E-state index in [2.05, 4.69) is 0 Å². The van der Waals surface area contributed by atoms with Gasteiger partial charge >= 0.3 is 6.09 Å². The average Bonchev–Trinajstić information content (AvgIpc) is 2.54. The Hall–Kier alpha value is -1.60. The Bertz CT molecular complexity index is 684. The molecule has 1 aromatic carbocycles. The van der Waals surface area contributed by atoms with Crippen LogP contribution in [0.2, 0.25) is 0 Å². The van der Waals surface area contributed by atoms with E-state index in [4.69, 9.17) is 4.18 Å². The van der Waals surface area contributed by atoms with Crippen molar-refractivity contribution in [1.82, 2.24) is 4.90 Å². The predicted molar refractivity (Wildman–Crippen MR) is 95.0 cm³/mol. The third-order valence-electron chi connectivity index (χ3n) is 4.84. The average molecular weight is 369 g/mol. The van der Waals surface area contributed by atoms with Crippen molar-refractivity contribution in [2.24, 2.45) is 11.8 Å². The van der Waals surface area contributed by atoms with Crippen molar-refractivity contribution < 1.29 is 22.5 Å². The van der Waals surface area contributed by atoms with Crippen LogP contribution in [0.5, 0.6) is 0 Å². The van der Waals surface area contributed by atoms with Crippen molar-refractivity contribution in [1.29, 1.82) is 0 Å². The molecule has 0 radical (unpaired) electrons.